The van der Waals surface area contributed by atoms with Crippen molar-refractivity contribution in [1.82, 2.24) is 19.9 Å². The Bertz CT molecular complexity index is 1300. The average Bonchev–Trinajstić information content (AvgIpc) is 3.53. The summed E-state index contributed by atoms with van der Waals surface area (Å²) in [5, 5.41) is 4.27. The second-order valence-electron chi connectivity index (χ2n) is 9.03. The lowest BCUT2D eigenvalue weighted by molar-refractivity contribution is 0.122. The number of nitrogens with one attached hydrogen (secondary N) is 1. The van der Waals surface area contributed by atoms with Crippen LogP contribution in [0.25, 0.3) is 0 Å². The zero-order chi connectivity index (χ0) is 24.3. The van der Waals surface area contributed by atoms with E-state index >= 15 is 0 Å². The van der Waals surface area contributed by atoms with Crippen molar-refractivity contribution in [3.8, 4) is 0 Å². The first-order chi connectivity index (χ1) is 17.8. The Balaban J connectivity index is 1.37. The summed E-state index contributed by atoms with van der Waals surface area (Å²) < 4.78 is 7.80. The second kappa shape index (κ2) is 10.1. The van der Waals surface area contributed by atoms with Gasteiger partial charge in [-0.1, -0.05) is 12.1 Å². The molecule has 0 radical (unpaired) electrons. The Kier molecular flexibility index (Phi) is 6.36. The van der Waals surface area contributed by atoms with Gasteiger partial charge in [-0.25, -0.2) is 0 Å². The number of hydrogen-bond acceptors (Lipinski definition) is 5. The minimum atomic E-state index is -0.0832. The molecule has 0 amide bonds. The molecule has 182 valence electrons. The summed E-state index contributed by atoms with van der Waals surface area (Å²) in [5.41, 5.74) is 5.55. The molecule has 0 unspecified atom stereocenters. The molecule has 8 heteroatoms. The number of benzene rings is 1. The molecule has 3 aromatic heterocycles. The number of ether oxygens (including phenoxy) is 1. The first-order valence-corrected chi connectivity index (χ1v) is 12.7. The van der Waals surface area contributed by atoms with Crippen molar-refractivity contribution >= 4 is 28.7 Å². The highest BCUT2D eigenvalue weighted by molar-refractivity contribution is 7.80. The Morgan fingerprint density at radius 1 is 0.917 bits per heavy atom. The van der Waals surface area contributed by atoms with Gasteiger partial charge in [-0.15, -0.1) is 0 Å². The second-order valence-corrected chi connectivity index (χ2v) is 9.42. The van der Waals surface area contributed by atoms with Gasteiger partial charge in [0.25, 0.3) is 0 Å². The Labute approximate surface area is 216 Å². The third-order valence-corrected chi connectivity index (χ3v) is 7.16. The molecule has 0 aliphatic carbocycles. The van der Waals surface area contributed by atoms with E-state index in [1.54, 1.807) is 6.20 Å². The van der Waals surface area contributed by atoms with E-state index in [0.29, 0.717) is 5.11 Å². The van der Waals surface area contributed by atoms with Crippen molar-refractivity contribution in [2.45, 2.75) is 18.6 Å². The van der Waals surface area contributed by atoms with Gasteiger partial charge in [0.1, 0.15) is 6.04 Å². The van der Waals surface area contributed by atoms with E-state index in [1.165, 1.54) is 11.4 Å². The van der Waals surface area contributed by atoms with Crippen LogP contribution in [-0.4, -0.2) is 46.0 Å². The standard InChI is InChI=1S/C28H28N6OS/c36-28-31-26(24-6-1-2-13-30-24)27(25-7-4-14-33(25)20-21-5-3-12-29-19-21)34(28)23-10-8-22(9-11-23)32-15-17-35-18-16-32/h1-14,19,26-27H,15-18,20H2,(H,31,36)/t26-,27+/m1/s1. The van der Waals surface area contributed by atoms with Crippen LogP contribution in [0.4, 0.5) is 11.4 Å². The molecule has 4 aromatic rings. The number of hydrogen-bond donors (Lipinski definition) is 1. The van der Waals surface area contributed by atoms with Crippen LogP contribution in [0.15, 0.2) is 91.5 Å². The van der Waals surface area contributed by atoms with E-state index in [4.69, 9.17) is 17.0 Å². The maximum absolute atomic E-state index is 5.92. The van der Waals surface area contributed by atoms with Gasteiger partial charge in [0, 0.05) is 61.5 Å². The highest BCUT2D eigenvalue weighted by Gasteiger charge is 2.42. The lowest BCUT2D eigenvalue weighted by Crippen LogP contribution is -2.36. The highest BCUT2D eigenvalue weighted by atomic mass is 32.1. The van der Waals surface area contributed by atoms with Crippen molar-refractivity contribution in [2.75, 3.05) is 36.1 Å². The minimum Gasteiger partial charge on any atom is -0.378 e. The number of rotatable bonds is 6. The molecule has 2 aliphatic rings. The maximum Gasteiger partial charge on any atom is 0.174 e. The SMILES string of the molecule is S=C1N[C@H](c2ccccn2)[C@H](c2cccn2Cc2cccnc2)N1c1ccc(N2CCOCC2)cc1. The van der Waals surface area contributed by atoms with E-state index in [9.17, 15) is 0 Å². The van der Waals surface area contributed by atoms with Gasteiger partial charge in [0.05, 0.1) is 24.9 Å². The van der Waals surface area contributed by atoms with Crippen LogP contribution in [0.5, 0.6) is 0 Å². The van der Waals surface area contributed by atoms with Crippen LogP contribution in [0.3, 0.4) is 0 Å². The van der Waals surface area contributed by atoms with Crippen molar-refractivity contribution in [2.24, 2.45) is 0 Å². The smallest absolute Gasteiger partial charge is 0.174 e. The van der Waals surface area contributed by atoms with Gasteiger partial charge in [-0.05, 0) is 72.4 Å². The van der Waals surface area contributed by atoms with Crippen LogP contribution in [0.1, 0.15) is 29.0 Å². The Hall–Kier alpha value is -3.75. The summed E-state index contributed by atoms with van der Waals surface area (Å²) in [6.45, 7) is 4.09. The molecule has 2 aliphatic heterocycles. The van der Waals surface area contributed by atoms with Crippen molar-refractivity contribution in [1.29, 1.82) is 0 Å². The van der Waals surface area contributed by atoms with Crippen molar-refractivity contribution in [3.05, 3.63) is 108 Å². The minimum absolute atomic E-state index is 0.0618. The summed E-state index contributed by atoms with van der Waals surface area (Å²) in [6.07, 6.45) is 7.68. The number of anilines is 2. The van der Waals surface area contributed by atoms with E-state index in [1.807, 2.05) is 30.6 Å². The monoisotopic (exact) mass is 496 g/mol. The van der Waals surface area contributed by atoms with Gasteiger partial charge < -0.3 is 24.4 Å². The van der Waals surface area contributed by atoms with Gasteiger partial charge in [-0.2, -0.15) is 0 Å². The molecule has 0 bridgehead atoms. The van der Waals surface area contributed by atoms with Crippen LogP contribution >= 0.6 is 12.2 Å². The zero-order valence-electron chi connectivity index (χ0n) is 19.9. The quantitative estimate of drug-likeness (QED) is 0.399. The molecule has 0 saturated carbocycles. The van der Waals surface area contributed by atoms with E-state index in [0.717, 1.165) is 49.8 Å². The summed E-state index contributed by atoms with van der Waals surface area (Å²) in [6, 6.07) is 23.0. The number of pyridine rings is 2. The molecular formula is C28H28N6OS. The maximum atomic E-state index is 5.92. The summed E-state index contributed by atoms with van der Waals surface area (Å²) in [7, 11) is 0. The molecule has 1 N–H and O–H groups in total. The molecule has 7 nitrogen and oxygen atoms in total. The molecule has 2 atom stereocenters. The molecule has 6 rings (SSSR count). The molecular weight excluding hydrogens is 468 g/mol. The number of nitrogens with zero attached hydrogens (tertiary/aromatic N) is 5. The number of thiocarbonyl (C=S) groups is 1. The molecule has 0 spiro atoms. The van der Waals surface area contributed by atoms with E-state index < -0.39 is 0 Å². The lowest BCUT2D eigenvalue weighted by Gasteiger charge is -2.31. The average molecular weight is 497 g/mol. The molecule has 36 heavy (non-hydrogen) atoms. The zero-order valence-corrected chi connectivity index (χ0v) is 20.7. The fourth-order valence-corrected chi connectivity index (χ4v) is 5.45. The third-order valence-electron chi connectivity index (χ3n) is 6.85. The van der Waals surface area contributed by atoms with Crippen molar-refractivity contribution in [3.63, 3.8) is 0 Å². The van der Waals surface area contributed by atoms with E-state index in [-0.39, 0.29) is 12.1 Å². The van der Waals surface area contributed by atoms with Gasteiger partial charge in [-0.3, -0.25) is 9.97 Å². The Morgan fingerprint density at radius 2 is 1.75 bits per heavy atom. The van der Waals surface area contributed by atoms with E-state index in [2.05, 4.69) is 84.4 Å². The Morgan fingerprint density at radius 3 is 2.50 bits per heavy atom. The summed E-state index contributed by atoms with van der Waals surface area (Å²) >= 11 is 5.92. The van der Waals surface area contributed by atoms with Gasteiger partial charge in [0.15, 0.2) is 5.11 Å². The van der Waals surface area contributed by atoms with Crippen LogP contribution in [0, 0.1) is 0 Å². The first-order valence-electron chi connectivity index (χ1n) is 12.3. The predicted octanol–water partition coefficient (Wildman–Crippen LogP) is 4.34. The number of morpholine rings is 1. The van der Waals surface area contributed by atoms with Crippen molar-refractivity contribution < 1.29 is 4.74 Å². The van der Waals surface area contributed by atoms with Crippen LogP contribution in [-0.2, 0) is 11.3 Å². The van der Waals surface area contributed by atoms with Crippen LogP contribution < -0.4 is 15.1 Å². The van der Waals surface area contributed by atoms with Gasteiger partial charge >= 0.3 is 0 Å². The number of aromatic nitrogens is 3. The molecule has 5 heterocycles. The lowest BCUT2D eigenvalue weighted by atomic mass is 10.0. The first kappa shape index (κ1) is 22.7. The summed E-state index contributed by atoms with van der Waals surface area (Å²) in [4.78, 5) is 13.6. The fraction of sp³-hybridized carbons (Fsp3) is 0.250. The largest absolute Gasteiger partial charge is 0.378 e. The molecule has 2 fully saturated rings. The third kappa shape index (κ3) is 4.45. The fourth-order valence-electron chi connectivity index (χ4n) is 5.11. The topological polar surface area (TPSA) is 58.5 Å². The normalized spacial score (nSPS) is 19.9. The van der Waals surface area contributed by atoms with Crippen LogP contribution in [0.2, 0.25) is 0 Å². The highest BCUT2D eigenvalue weighted by Crippen LogP contribution is 2.42. The van der Waals surface area contributed by atoms with Gasteiger partial charge in [0.2, 0.25) is 0 Å². The molecule has 1 aromatic carbocycles. The predicted molar refractivity (Wildman–Crippen MR) is 145 cm³/mol. The summed E-state index contributed by atoms with van der Waals surface area (Å²) in [5.74, 6) is 0. The molecule has 2 saturated heterocycles.